The molecule has 0 saturated heterocycles. The van der Waals surface area contributed by atoms with Crippen LogP contribution in [-0.4, -0.2) is 9.97 Å². The minimum atomic E-state index is -1.00. The number of hydrogen-bond donors (Lipinski definition) is 0. The van der Waals surface area contributed by atoms with Gasteiger partial charge < -0.3 is 0 Å². The first-order valence-corrected chi connectivity index (χ1v) is 3.19. The number of nitriles is 1. The summed E-state index contributed by atoms with van der Waals surface area (Å²) in [7, 11) is 0. The number of nitrogens with zero attached hydrogens (tertiary/aromatic N) is 3. The zero-order chi connectivity index (χ0) is 8.43. The minimum absolute atomic E-state index is 0.273. The van der Waals surface area contributed by atoms with Crippen LogP contribution in [0.1, 0.15) is 5.56 Å². The van der Waals surface area contributed by atoms with Crippen LogP contribution in [0.5, 0.6) is 0 Å². The second-order valence-corrected chi connectivity index (χ2v) is 2.26. The van der Waals surface area contributed by atoms with Gasteiger partial charge in [0.25, 0.3) is 0 Å². The van der Waals surface area contributed by atoms with Crippen molar-refractivity contribution in [2.45, 2.75) is 0 Å². The average Bonchev–Trinajstić information content (AvgIpc) is 1.85. The molecule has 0 atom stereocenters. The van der Waals surface area contributed by atoms with Crippen LogP contribution in [0.2, 0.25) is 10.4 Å². The molecule has 1 aromatic heterocycles. The van der Waals surface area contributed by atoms with Crippen molar-refractivity contribution in [3.63, 3.8) is 0 Å². The third-order valence-corrected chi connectivity index (χ3v) is 1.35. The molecule has 1 aromatic rings. The summed E-state index contributed by atoms with van der Waals surface area (Å²) in [4.78, 5) is 6.45. The molecule has 6 heteroatoms. The molecule has 0 bridgehead atoms. The van der Waals surface area contributed by atoms with Crippen molar-refractivity contribution in [3.8, 4) is 6.07 Å². The highest BCUT2D eigenvalue weighted by Gasteiger charge is 2.10. The first-order chi connectivity index (χ1) is 5.15. The molecule has 11 heavy (non-hydrogen) atoms. The SMILES string of the molecule is N#Cc1c(F)nc(Cl)nc1Cl. The third-order valence-electron chi connectivity index (χ3n) is 0.905. The average molecular weight is 192 g/mol. The van der Waals surface area contributed by atoms with E-state index in [1.54, 1.807) is 0 Å². The molecule has 0 aliphatic carbocycles. The Balaban J connectivity index is 3.40. The highest BCUT2D eigenvalue weighted by atomic mass is 35.5. The lowest BCUT2D eigenvalue weighted by molar-refractivity contribution is 0.575. The molecule has 0 fully saturated rings. The van der Waals surface area contributed by atoms with Crippen LogP contribution in [0.4, 0.5) is 4.39 Å². The maximum atomic E-state index is 12.6. The summed E-state index contributed by atoms with van der Waals surface area (Å²) < 4.78 is 12.6. The maximum absolute atomic E-state index is 12.6. The standard InChI is InChI=1S/C5Cl2FN3/c6-3-2(1-9)4(8)11-5(7)10-3. The predicted molar refractivity (Wildman–Crippen MR) is 36.7 cm³/mol. The van der Waals surface area contributed by atoms with Crippen molar-refractivity contribution >= 4 is 23.2 Å². The molecular weight excluding hydrogens is 192 g/mol. The molecule has 0 aromatic carbocycles. The summed E-state index contributed by atoms with van der Waals surface area (Å²) in [5.74, 6) is -1.00. The number of rotatable bonds is 0. The molecule has 0 saturated carbocycles. The molecule has 0 aliphatic heterocycles. The second kappa shape index (κ2) is 2.99. The normalized spacial score (nSPS) is 9.27. The van der Waals surface area contributed by atoms with E-state index < -0.39 is 11.5 Å². The van der Waals surface area contributed by atoms with Crippen LogP contribution in [0.3, 0.4) is 0 Å². The molecule has 0 amide bonds. The first-order valence-electron chi connectivity index (χ1n) is 2.43. The Hall–Kier alpha value is -0.920. The van der Waals surface area contributed by atoms with Gasteiger partial charge in [-0.2, -0.15) is 14.6 Å². The molecular formula is C5Cl2FN3. The lowest BCUT2D eigenvalue weighted by Crippen LogP contribution is -1.94. The van der Waals surface area contributed by atoms with Crippen LogP contribution in [0, 0.1) is 17.3 Å². The van der Waals surface area contributed by atoms with E-state index in [-0.39, 0.29) is 10.4 Å². The van der Waals surface area contributed by atoms with Crippen LogP contribution in [-0.2, 0) is 0 Å². The van der Waals surface area contributed by atoms with Gasteiger partial charge in [-0.3, -0.25) is 0 Å². The molecule has 0 aliphatic rings. The number of hydrogen-bond acceptors (Lipinski definition) is 3. The second-order valence-electron chi connectivity index (χ2n) is 1.56. The minimum Gasteiger partial charge on any atom is -0.204 e. The Labute approximate surface area is 71.4 Å². The smallest absolute Gasteiger partial charge is 0.204 e. The summed E-state index contributed by atoms with van der Waals surface area (Å²) in [6.07, 6.45) is 0. The summed E-state index contributed by atoms with van der Waals surface area (Å²) in [5, 5.41) is 7.71. The Morgan fingerprint density at radius 3 is 2.45 bits per heavy atom. The van der Waals surface area contributed by atoms with Gasteiger partial charge in [-0.05, 0) is 11.6 Å². The summed E-state index contributed by atoms with van der Waals surface area (Å²) in [6, 6.07) is 1.50. The topological polar surface area (TPSA) is 49.6 Å². The highest BCUT2D eigenvalue weighted by Crippen LogP contribution is 2.15. The fraction of sp³-hybridized carbons (Fsp3) is 0. The highest BCUT2D eigenvalue weighted by molar-refractivity contribution is 6.32. The van der Waals surface area contributed by atoms with Gasteiger partial charge in [0.1, 0.15) is 11.6 Å². The van der Waals surface area contributed by atoms with Crippen LogP contribution in [0.25, 0.3) is 0 Å². The van der Waals surface area contributed by atoms with Crippen LogP contribution >= 0.6 is 23.2 Å². The van der Waals surface area contributed by atoms with Gasteiger partial charge in [0.15, 0.2) is 5.15 Å². The molecule has 0 N–H and O–H groups in total. The van der Waals surface area contributed by atoms with E-state index >= 15 is 0 Å². The van der Waals surface area contributed by atoms with Gasteiger partial charge in [0.05, 0.1) is 0 Å². The van der Waals surface area contributed by atoms with Crippen molar-refractivity contribution in [2.24, 2.45) is 0 Å². The maximum Gasteiger partial charge on any atom is 0.236 e. The lowest BCUT2D eigenvalue weighted by atomic mass is 10.4. The lowest BCUT2D eigenvalue weighted by Gasteiger charge is -1.94. The van der Waals surface area contributed by atoms with E-state index in [0.717, 1.165) is 0 Å². The van der Waals surface area contributed by atoms with Gasteiger partial charge in [-0.1, -0.05) is 11.6 Å². The molecule has 3 nitrogen and oxygen atoms in total. The fourth-order valence-corrected chi connectivity index (χ4v) is 0.878. The molecule has 56 valence electrons. The van der Waals surface area contributed by atoms with Gasteiger partial charge >= 0.3 is 0 Å². The zero-order valence-corrected chi connectivity index (χ0v) is 6.49. The third kappa shape index (κ3) is 1.56. The molecule has 0 unspecified atom stereocenters. The summed E-state index contributed by atoms with van der Waals surface area (Å²) >= 11 is 10.6. The van der Waals surface area contributed by atoms with Gasteiger partial charge in [-0.25, -0.2) is 4.98 Å². The quantitative estimate of drug-likeness (QED) is 0.465. The molecule has 1 heterocycles. The zero-order valence-electron chi connectivity index (χ0n) is 4.98. The Morgan fingerprint density at radius 1 is 1.36 bits per heavy atom. The van der Waals surface area contributed by atoms with E-state index in [4.69, 9.17) is 28.5 Å². The van der Waals surface area contributed by atoms with Crippen molar-refractivity contribution in [1.82, 2.24) is 9.97 Å². The van der Waals surface area contributed by atoms with E-state index in [2.05, 4.69) is 9.97 Å². The van der Waals surface area contributed by atoms with Gasteiger partial charge in [0, 0.05) is 0 Å². The first kappa shape index (κ1) is 8.18. The molecule has 1 rings (SSSR count). The van der Waals surface area contributed by atoms with Crippen molar-refractivity contribution in [1.29, 1.82) is 5.26 Å². The Kier molecular flexibility index (Phi) is 2.22. The van der Waals surface area contributed by atoms with Crippen LogP contribution < -0.4 is 0 Å². The number of halogens is 3. The van der Waals surface area contributed by atoms with Crippen LogP contribution in [0.15, 0.2) is 0 Å². The van der Waals surface area contributed by atoms with E-state index in [1.807, 2.05) is 0 Å². The van der Waals surface area contributed by atoms with E-state index in [0.29, 0.717) is 0 Å². The van der Waals surface area contributed by atoms with Crippen molar-refractivity contribution in [3.05, 3.63) is 21.9 Å². The molecule has 0 radical (unpaired) electrons. The van der Waals surface area contributed by atoms with Gasteiger partial charge in [0.2, 0.25) is 11.2 Å². The summed E-state index contributed by atoms with van der Waals surface area (Å²) in [6.45, 7) is 0. The van der Waals surface area contributed by atoms with Crippen molar-refractivity contribution < 1.29 is 4.39 Å². The Bertz CT molecular complexity index is 310. The fourth-order valence-electron chi connectivity index (χ4n) is 0.476. The van der Waals surface area contributed by atoms with E-state index in [1.165, 1.54) is 6.07 Å². The number of aromatic nitrogens is 2. The van der Waals surface area contributed by atoms with Crippen molar-refractivity contribution in [2.75, 3.05) is 0 Å². The van der Waals surface area contributed by atoms with Gasteiger partial charge in [-0.15, -0.1) is 0 Å². The van der Waals surface area contributed by atoms with E-state index in [9.17, 15) is 4.39 Å². The largest absolute Gasteiger partial charge is 0.236 e. The Morgan fingerprint density at radius 2 is 2.00 bits per heavy atom. The molecule has 0 spiro atoms. The predicted octanol–water partition coefficient (Wildman–Crippen LogP) is 1.79. The monoisotopic (exact) mass is 191 g/mol. The summed E-state index contributed by atoms with van der Waals surface area (Å²) in [5.41, 5.74) is -0.393.